The van der Waals surface area contributed by atoms with Gasteiger partial charge in [-0.15, -0.1) is 0 Å². The fraction of sp³-hybridized carbons (Fsp3) is 0.550. The summed E-state index contributed by atoms with van der Waals surface area (Å²) in [6.45, 7) is 5.06. The smallest absolute Gasteiger partial charge is 0.410 e. The van der Waals surface area contributed by atoms with Gasteiger partial charge in [-0.1, -0.05) is 6.07 Å². The third-order valence-electron chi connectivity index (χ3n) is 5.67. The standard InChI is InChI=1S/C20H25N3O4/c1-20(12-26-13-20)27-19(25)23-10-16-15(17(16)11-23)6-8-22-18(24)5-4-14-3-2-7-21-9-14/h2-5,7,9,15-17H,6,8,10-13H2,1H3,(H,22,24)/b5-4+/t15?,16-,17+. The van der Waals surface area contributed by atoms with Crippen LogP contribution in [0.2, 0.25) is 0 Å². The molecule has 1 saturated carbocycles. The molecule has 1 aromatic rings. The molecule has 1 unspecified atom stereocenters. The SMILES string of the molecule is CC1(OC(=O)N2C[C@@H]3C(CCNC(=O)/C=C/c4cccnc4)[C@@H]3C2)COC1. The number of aromatic nitrogens is 1. The van der Waals surface area contributed by atoms with Gasteiger partial charge in [0.1, 0.15) is 0 Å². The van der Waals surface area contributed by atoms with Gasteiger partial charge in [-0.05, 0) is 48.8 Å². The number of nitrogens with zero attached hydrogens (tertiary/aromatic N) is 2. The normalized spacial score (nSPS) is 27.7. The van der Waals surface area contributed by atoms with E-state index in [0.29, 0.717) is 37.5 Å². The summed E-state index contributed by atoms with van der Waals surface area (Å²) in [6.07, 6.45) is 7.44. The quantitative estimate of drug-likeness (QED) is 0.770. The third kappa shape index (κ3) is 4.13. The van der Waals surface area contributed by atoms with E-state index in [9.17, 15) is 9.59 Å². The van der Waals surface area contributed by atoms with E-state index in [4.69, 9.17) is 9.47 Å². The van der Waals surface area contributed by atoms with Crippen molar-refractivity contribution in [2.24, 2.45) is 17.8 Å². The molecule has 3 atom stereocenters. The number of hydrogen-bond donors (Lipinski definition) is 1. The first-order chi connectivity index (χ1) is 13.0. The van der Waals surface area contributed by atoms with Crippen LogP contribution in [0, 0.1) is 17.8 Å². The number of pyridine rings is 1. The molecule has 0 bridgehead atoms. The van der Waals surface area contributed by atoms with Crippen molar-refractivity contribution in [3.8, 4) is 0 Å². The van der Waals surface area contributed by atoms with Gasteiger partial charge >= 0.3 is 6.09 Å². The Bertz CT molecular complexity index is 720. The maximum atomic E-state index is 12.2. The van der Waals surface area contributed by atoms with E-state index in [-0.39, 0.29) is 12.0 Å². The molecule has 27 heavy (non-hydrogen) atoms. The zero-order chi connectivity index (χ0) is 18.9. The molecular formula is C20H25N3O4. The number of fused-ring (bicyclic) bond motifs is 1. The van der Waals surface area contributed by atoms with Gasteiger partial charge in [0.25, 0.3) is 0 Å². The summed E-state index contributed by atoms with van der Waals surface area (Å²) in [5.41, 5.74) is 0.454. The summed E-state index contributed by atoms with van der Waals surface area (Å²) in [5.74, 6) is 1.60. The van der Waals surface area contributed by atoms with Gasteiger partial charge < -0.3 is 19.7 Å². The lowest BCUT2D eigenvalue weighted by Gasteiger charge is -2.38. The molecule has 7 heteroatoms. The highest BCUT2D eigenvalue weighted by Gasteiger charge is 2.56. The molecule has 1 N–H and O–H groups in total. The zero-order valence-corrected chi connectivity index (χ0v) is 15.5. The summed E-state index contributed by atoms with van der Waals surface area (Å²) in [7, 11) is 0. The summed E-state index contributed by atoms with van der Waals surface area (Å²) in [5, 5.41) is 2.93. The second-order valence-corrected chi connectivity index (χ2v) is 7.91. The molecule has 0 spiro atoms. The number of amides is 2. The van der Waals surface area contributed by atoms with E-state index in [0.717, 1.165) is 25.1 Å². The van der Waals surface area contributed by atoms with Crippen molar-refractivity contribution in [1.29, 1.82) is 0 Å². The number of piperidine rings is 1. The second-order valence-electron chi connectivity index (χ2n) is 7.91. The average molecular weight is 371 g/mol. The monoisotopic (exact) mass is 371 g/mol. The molecule has 0 radical (unpaired) electrons. The van der Waals surface area contributed by atoms with Crippen molar-refractivity contribution in [1.82, 2.24) is 15.2 Å². The maximum absolute atomic E-state index is 12.2. The van der Waals surface area contributed by atoms with Gasteiger partial charge in [-0.3, -0.25) is 9.78 Å². The molecule has 0 aromatic carbocycles. The zero-order valence-electron chi connectivity index (χ0n) is 15.5. The molecule has 1 aliphatic carbocycles. The first-order valence-electron chi connectivity index (χ1n) is 9.46. The Kier molecular flexibility index (Phi) is 4.86. The predicted molar refractivity (Wildman–Crippen MR) is 98.6 cm³/mol. The lowest BCUT2D eigenvalue weighted by Crippen LogP contribution is -2.52. The van der Waals surface area contributed by atoms with E-state index in [2.05, 4.69) is 10.3 Å². The van der Waals surface area contributed by atoms with Crippen LogP contribution in [-0.2, 0) is 14.3 Å². The highest BCUT2D eigenvalue weighted by atomic mass is 16.6. The van der Waals surface area contributed by atoms with Crippen LogP contribution in [-0.4, -0.2) is 60.3 Å². The largest absolute Gasteiger partial charge is 0.438 e. The Morgan fingerprint density at radius 3 is 2.81 bits per heavy atom. The van der Waals surface area contributed by atoms with Crippen LogP contribution in [0.25, 0.3) is 6.08 Å². The van der Waals surface area contributed by atoms with Crippen LogP contribution >= 0.6 is 0 Å². The topological polar surface area (TPSA) is 80.8 Å². The molecular weight excluding hydrogens is 346 g/mol. The average Bonchev–Trinajstić information content (AvgIpc) is 3.09. The van der Waals surface area contributed by atoms with Crippen molar-refractivity contribution in [3.63, 3.8) is 0 Å². The number of nitrogens with one attached hydrogen (secondary N) is 1. The number of carbonyl (C=O) groups is 2. The Morgan fingerprint density at radius 1 is 1.41 bits per heavy atom. The van der Waals surface area contributed by atoms with Crippen LogP contribution in [0.4, 0.5) is 4.79 Å². The van der Waals surface area contributed by atoms with Gasteiger partial charge in [-0.2, -0.15) is 0 Å². The third-order valence-corrected chi connectivity index (χ3v) is 5.67. The lowest BCUT2D eigenvalue weighted by atomic mass is 10.1. The number of ether oxygens (including phenoxy) is 2. The molecule has 3 fully saturated rings. The van der Waals surface area contributed by atoms with Crippen LogP contribution in [0.1, 0.15) is 18.9 Å². The summed E-state index contributed by atoms with van der Waals surface area (Å²) in [4.78, 5) is 29.9. The van der Waals surface area contributed by atoms with E-state index in [1.54, 1.807) is 18.5 Å². The molecule has 2 aliphatic heterocycles. The fourth-order valence-corrected chi connectivity index (χ4v) is 4.02. The van der Waals surface area contributed by atoms with Crippen LogP contribution in [0.3, 0.4) is 0 Å². The Hall–Kier alpha value is -2.41. The van der Waals surface area contributed by atoms with E-state index in [1.165, 1.54) is 6.08 Å². The van der Waals surface area contributed by atoms with Crippen LogP contribution in [0.15, 0.2) is 30.6 Å². The number of carbonyl (C=O) groups excluding carboxylic acids is 2. The van der Waals surface area contributed by atoms with Crippen LogP contribution < -0.4 is 5.32 Å². The fourth-order valence-electron chi connectivity index (χ4n) is 4.02. The number of likely N-dealkylation sites (tertiary alicyclic amines) is 1. The Morgan fingerprint density at radius 2 is 2.19 bits per heavy atom. The Labute approximate surface area is 158 Å². The number of rotatable bonds is 6. The summed E-state index contributed by atoms with van der Waals surface area (Å²) >= 11 is 0. The van der Waals surface area contributed by atoms with Crippen molar-refractivity contribution in [2.45, 2.75) is 18.9 Å². The van der Waals surface area contributed by atoms with Gasteiger partial charge in [0.05, 0.1) is 13.2 Å². The van der Waals surface area contributed by atoms with E-state index >= 15 is 0 Å². The molecule has 2 amide bonds. The van der Waals surface area contributed by atoms with Gasteiger partial charge in [0.2, 0.25) is 5.91 Å². The molecule has 7 nitrogen and oxygen atoms in total. The highest BCUT2D eigenvalue weighted by molar-refractivity contribution is 5.91. The predicted octanol–water partition coefficient (Wildman–Crippen LogP) is 1.70. The second kappa shape index (κ2) is 7.31. The summed E-state index contributed by atoms with van der Waals surface area (Å²) < 4.78 is 10.6. The van der Waals surface area contributed by atoms with Gasteiger partial charge in [0, 0.05) is 38.1 Å². The van der Waals surface area contributed by atoms with Crippen molar-refractivity contribution >= 4 is 18.1 Å². The minimum absolute atomic E-state index is 0.0918. The van der Waals surface area contributed by atoms with Crippen molar-refractivity contribution in [2.75, 3.05) is 32.8 Å². The molecule has 3 aliphatic rings. The van der Waals surface area contributed by atoms with Crippen LogP contribution in [0.5, 0.6) is 0 Å². The minimum Gasteiger partial charge on any atom is -0.438 e. The number of hydrogen-bond acceptors (Lipinski definition) is 5. The highest BCUT2D eigenvalue weighted by Crippen LogP contribution is 2.53. The maximum Gasteiger partial charge on any atom is 0.410 e. The first-order valence-corrected chi connectivity index (χ1v) is 9.46. The summed E-state index contributed by atoms with van der Waals surface area (Å²) in [6, 6.07) is 3.74. The Balaban J connectivity index is 1.13. The molecule has 144 valence electrons. The molecule has 3 heterocycles. The van der Waals surface area contributed by atoms with Gasteiger partial charge in [0.15, 0.2) is 5.60 Å². The lowest BCUT2D eigenvalue weighted by molar-refractivity contribution is -0.171. The first kappa shape index (κ1) is 18.0. The van der Waals surface area contributed by atoms with E-state index in [1.807, 2.05) is 24.0 Å². The van der Waals surface area contributed by atoms with Gasteiger partial charge in [-0.25, -0.2) is 4.79 Å². The molecule has 4 rings (SSSR count). The van der Waals surface area contributed by atoms with Crippen molar-refractivity contribution in [3.05, 3.63) is 36.2 Å². The minimum atomic E-state index is -0.448. The molecule has 2 saturated heterocycles. The van der Waals surface area contributed by atoms with Crippen molar-refractivity contribution < 1.29 is 19.1 Å². The van der Waals surface area contributed by atoms with E-state index < -0.39 is 5.60 Å². The molecule has 1 aromatic heterocycles.